The highest BCUT2D eigenvalue weighted by Crippen LogP contribution is 2.45. The fourth-order valence-electron chi connectivity index (χ4n) is 4.06. The second-order valence-corrected chi connectivity index (χ2v) is 7.30. The van der Waals surface area contributed by atoms with Gasteiger partial charge in [-0.25, -0.2) is 4.79 Å². The van der Waals surface area contributed by atoms with E-state index in [2.05, 4.69) is 10.1 Å². The summed E-state index contributed by atoms with van der Waals surface area (Å²) in [5.74, 6) is -1.31. The Hall–Kier alpha value is -3.16. The predicted molar refractivity (Wildman–Crippen MR) is 106 cm³/mol. The first-order chi connectivity index (χ1) is 13.8. The van der Waals surface area contributed by atoms with Crippen LogP contribution in [0.3, 0.4) is 0 Å². The number of carbonyl (C=O) groups is 4. The van der Waals surface area contributed by atoms with Crippen molar-refractivity contribution >= 4 is 29.4 Å². The molecule has 0 radical (unpaired) electrons. The van der Waals surface area contributed by atoms with Crippen LogP contribution in [0.2, 0.25) is 0 Å². The molecule has 154 valence electrons. The fourth-order valence-corrected chi connectivity index (χ4v) is 4.06. The third-order valence-electron chi connectivity index (χ3n) is 5.23. The molecule has 0 spiro atoms. The molecule has 2 aliphatic heterocycles. The Bertz CT molecular complexity index is 879. The van der Waals surface area contributed by atoms with Crippen LogP contribution in [0.15, 0.2) is 36.4 Å². The number of para-hydroxylation sites is 1. The van der Waals surface area contributed by atoms with Crippen LogP contribution in [-0.2, 0) is 19.1 Å². The highest BCUT2D eigenvalue weighted by atomic mass is 16.5. The van der Waals surface area contributed by atoms with Crippen molar-refractivity contribution in [2.24, 2.45) is 0 Å². The molecule has 0 aliphatic carbocycles. The van der Waals surface area contributed by atoms with Gasteiger partial charge in [0.2, 0.25) is 11.6 Å². The number of esters is 1. The van der Waals surface area contributed by atoms with E-state index in [0.29, 0.717) is 17.7 Å². The molecule has 0 bridgehead atoms. The molecule has 1 unspecified atom stereocenters. The Labute approximate surface area is 169 Å². The lowest BCUT2D eigenvalue weighted by Gasteiger charge is -2.50. The molecule has 1 fully saturated rings. The molecule has 0 aromatic heterocycles. The van der Waals surface area contributed by atoms with E-state index in [4.69, 9.17) is 0 Å². The number of benzene rings is 1. The van der Waals surface area contributed by atoms with E-state index >= 15 is 0 Å². The molecule has 0 saturated carbocycles. The number of rotatable bonds is 6. The molecule has 1 aromatic rings. The summed E-state index contributed by atoms with van der Waals surface area (Å²) >= 11 is 0. The third kappa shape index (κ3) is 3.39. The van der Waals surface area contributed by atoms with Crippen molar-refractivity contribution in [3.05, 3.63) is 42.0 Å². The molecule has 1 atom stereocenters. The minimum atomic E-state index is -1.39. The van der Waals surface area contributed by atoms with Gasteiger partial charge in [-0.3, -0.25) is 19.3 Å². The van der Waals surface area contributed by atoms with Gasteiger partial charge < -0.3 is 15.0 Å². The minimum Gasteiger partial charge on any atom is -0.466 e. The molecule has 8 nitrogen and oxygen atoms in total. The Morgan fingerprint density at radius 2 is 2.00 bits per heavy atom. The molecule has 2 heterocycles. The van der Waals surface area contributed by atoms with Gasteiger partial charge in [-0.2, -0.15) is 0 Å². The van der Waals surface area contributed by atoms with Crippen molar-refractivity contribution in [3.8, 4) is 0 Å². The van der Waals surface area contributed by atoms with Crippen molar-refractivity contribution < 1.29 is 23.9 Å². The smallest absolute Gasteiger partial charge is 0.330 e. The Kier molecular flexibility index (Phi) is 5.72. The maximum absolute atomic E-state index is 13.4. The van der Waals surface area contributed by atoms with Crippen LogP contribution in [-0.4, -0.2) is 54.0 Å². The quantitative estimate of drug-likeness (QED) is 0.445. The van der Waals surface area contributed by atoms with Crippen LogP contribution in [0.4, 0.5) is 5.69 Å². The van der Waals surface area contributed by atoms with E-state index in [1.807, 2.05) is 13.8 Å². The van der Waals surface area contributed by atoms with Gasteiger partial charge in [0.1, 0.15) is 0 Å². The number of carbonyl (C=O) groups excluding carboxylic acids is 4. The summed E-state index contributed by atoms with van der Waals surface area (Å²) in [4.78, 5) is 53.5. The Balaban J connectivity index is 1.92. The van der Waals surface area contributed by atoms with E-state index in [1.165, 1.54) is 23.0 Å². The summed E-state index contributed by atoms with van der Waals surface area (Å²) in [6.45, 7) is 3.93. The van der Waals surface area contributed by atoms with Gasteiger partial charge in [-0.05, 0) is 32.4 Å². The van der Waals surface area contributed by atoms with Crippen LogP contribution in [0.25, 0.3) is 0 Å². The molecule has 8 heteroatoms. The molecule has 3 amide bonds. The zero-order chi connectivity index (χ0) is 21.2. The van der Waals surface area contributed by atoms with Crippen molar-refractivity contribution in [2.75, 3.05) is 18.6 Å². The number of hydrogen-bond acceptors (Lipinski definition) is 5. The standard InChI is InChI=1S/C21H25N3O5/c1-14(2)23-19(27)15-8-4-5-9-16(15)24-17(25)11-12-21(23,24)20(28)22-13-7-6-10-18(26)29-3/h4-6,8-10,14H,7,11-13H2,1-3H3,(H,22,28)/b10-6+. The summed E-state index contributed by atoms with van der Waals surface area (Å²) < 4.78 is 4.52. The van der Waals surface area contributed by atoms with E-state index in [9.17, 15) is 19.2 Å². The molecular weight excluding hydrogens is 374 g/mol. The van der Waals surface area contributed by atoms with Gasteiger partial charge in [-0.15, -0.1) is 0 Å². The van der Waals surface area contributed by atoms with Crippen molar-refractivity contribution in [2.45, 2.75) is 44.8 Å². The number of nitrogens with zero attached hydrogens (tertiary/aromatic N) is 2. The lowest BCUT2D eigenvalue weighted by atomic mass is 9.94. The molecular formula is C21H25N3O5. The van der Waals surface area contributed by atoms with Gasteiger partial charge >= 0.3 is 5.97 Å². The van der Waals surface area contributed by atoms with Crippen LogP contribution in [0.1, 0.15) is 43.5 Å². The first-order valence-corrected chi connectivity index (χ1v) is 9.63. The van der Waals surface area contributed by atoms with Crippen molar-refractivity contribution in [1.29, 1.82) is 0 Å². The average Bonchev–Trinajstić information content (AvgIpc) is 3.05. The molecule has 2 aliphatic rings. The van der Waals surface area contributed by atoms with Crippen LogP contribution in [0.5, 0.6) is 0 Å². The third-order valence-corrected chi connectivity index (χ3v) is 5.23. The second-order valence-electron chi connectivity index (χ2n) is 7.30. The number of methoxy groups -OCH3 is 1. The number of fused-ring (bicyclic) bond motifs is 3. The number of anilines is 1. The number of hydrogen-bond donors (Lipinski definition) is 1. The number of nitrogens with one attached hydrogen (secondary N) is 1. The molecule has 29 heavy (non-hydrogen) atoms. The summed E-state index contributed by atoms with van der Waals surface area (Å²) in [6.07, 6.45) is 3.71. The molecule has 3 rings (SSSR count). The van der Waals surface area contributed by atoms with Gasteiger partial charge in [0.15, 0.2) is 0 Å². The van der Waals surface area contributed by atoms with Crippen molar-refractivity contribution in [3.63, 3.8) is 0 Å². The summed E-state index contributed by atoms with van der Waals surface area (Å²) in [5, 5.41) is 2.83. The van der Waals surface area contributed by atoms with Crippen LogP contribution < -0.4 is 10.2 Å². The zero-order valence-corrected chi connectivity index (χ0v) is 16.8. The SMILES string of the molecule is COC(=O)/C=C/CCNC(=O)C12CCC(=O)N1c1ccccc1C(=O)N2C(C)C. The number of amides is 3. The highest BCUT2D eigenvalue weighted by molar-refractivity contribution is 6.16. The highest BCUT2D eigenvalue weighted by Gasteiger charge is 2.61. The van der Waals surface area contributed by atoms with Crippen LogP contribution in [0, 0.1) is 0 Å². The zero-order valence-electron chi connectivity index (χ0n) is 16.8. The maximum atomic E-state index is 13.4. The summed E-state index contributed by atoms with van der Waals surface area (Å²) in [7, 11) is 1.29. The number of ether oxygens (including phenoxy) is 1. The monoisotopic (exact) mass is 399 g/mol. The first-order valence-electron chi connectivity index (χ1n) is 9.63. The minimum absolute atomic E-state index is 0.181. The van der Waals surface area contributed by atoms with Gasteiger partial charge in [-0.1, -0.05) is 18.2 Å². The molecule has 1 saturated heterocycles. The van der Waals surface area contributed by atoms with Crippen LogP contribution >= 0.6 is 0 Å². The van der Waals surface area contributed by atoms with E-state index in [1.54, 1.807) is 30.3 Å². The topological polar surface area (TPSA) is 96.0 Å². The van der Waals surface area contributed by atoms with E-state index < -0.39 is 17.5 Å². The predicted octanol–water partition coefficient (Wildman–Crippen LogP) is 1.61. The van der Waals surface area contributed by atoms with E-state index in [-0.39, 0.29) is 37.2 Å². The largest absolute Gasteiger partial charge is 0.466 e. The van der Waals surface area contributed by atoms with Crippen molar-refractivity contribution in [1.82, 2.24) is 10.2 Å². The average molecular weight is 399 g/mol. The molecule has 1 aromatic carbocycles. The fraction of sp³-hybridized carbons (Fsp3) is 0.429. The lowest BCUT2D eigenvalue weighted by Crippen LogP contribution is -2.72. The van der Waals surface area contributed by atoms with Gasteiger partial charge in [0.05, 0.1) is 18.4 Å². The first kappa shape index (κ1) is 20.6. The summed E-state index contributed by atoms with van der Waals surface area (Å²) in [5.41, 5.74) is -0.499. The normalized spacial score (nSPS) is 20.8. The lowest BCUT2D eigenvalue weighted by molar-refractivity contribution is -0.135. The second kappa shape index (κ2) is 8.06. The van der Waals surface area contributed by atoms with Gasteiger partial charge in [0, 0.05) is 31.5 Å². The van der Waals surface area contributed by atoms with Gasteiger partial charge in [0.25, 0.3) is 11.8 Å². The Morgan fingerprint density at radius 1 is 1.28 bits per heavy atom. The molecule has 1 N–H and O–H groups in total. The summed E-state index contributed by atoms with van der Waals surface area (Å²) in [6, 6.07) is 6.60. The maximum Gasteiger partial charge on any atom is 0.330 e. The Morgan fingerprint density at radius 3 is 2.69 bits per heavy atom. The van der Waals surface area contributed by atoms with E-state index in [0.717, 1.165) is 0 Å².